The van der Waals surface area contributed by atoms with Gasteiger partial charge in [0.25, 0.3) is 11.7 Å². The molecule has 5 aromatic rings. The van der Waals surface area contributed by atoms with Crippen LogP contribution in [0.2, 0.25) is 0 Å². The van der Waals surface area contributed by atoms with E-state index in [-0.39, 0.29) is 6.54 Å². The zero-order valence-corrected chi connectivity index (χ0v) is 17.0. The first-order chi connectivity index (χ1) is 15.7. The molecule has 0 atom stereocenters. The molecule has 32 heavy (non-hydrogen) atoms. The monoisotopic (exact) mass is 421 g/mol. The minimum atomic E-state index is -0.688. The Morgan fingerprint density at radius 2 is 1.53 bits per heavy atom. The van der Waals surface area contributed by atoms with Gasteiger partial charge in [0, 0.05) is 28.7 Å². The highest BCUT2D eigenvalue weighted by Crippen LogP contribution is 2.25. The molecule has 156 valence electrons. The summed E-state index contributed by atoms with van der Waals surface area (Å²) in [6.45, 7) is 0.0958. The van der Waals surface area contributed by atoms with Gasteiger partial charge in [0.15, 0.2) is 5.76 Å². The van der Waals surface area contributed by atoms with Crippen LogP contribution in [0.25, 0.3) is 33.4 Å². The first-order valence-corrected chi connectivity index (χ1v) is 10.2. The number of carbonyl (C=O) groups is 2. The number of nitrogens with zero attached hydrogens (tertiary/aromatic N) is 1. The summed E-state index contributed by atoms with van der Waals surface area (Å²) in [5.41, 5.74) is 4.81. The molecule has 0 aliphatic carbocycles. The lowest BCUT2D eigenvalue weighted by Gasteiger charge is -2.02. The van der Waals surface area contributed by atoms with Crippen LogP contribution >= 0.6 is 0 Å². The molecule has 2 aromatic heterocycles. The number of hydrogen-bond donors (Lipinski definition) is 2. The molecule has 3 aromatic carbocycles. The predicted molar refractivity (Wildman–Crippen MR) is 122 cm³/mol. The van der Waals surface area contributed by atoms with Gasteiger partial charge in [-0.2, -0.15) is 0 Å². The summed E-state index contributed by atoms with van der Waals surface area (Å²) in [5.74, 6) is -0.689. The number of hydrogen-bond acceptors (Lipinski definition) is 4. The van der Waals surface area contributed by atoms with E-state index in [9.17, 15) is 9.59 Å². The van der Waals surface area contributed by atoms with Crippen molar-refractivity contribution in [2.24, 2.45) is 0 Å². The smallest absolute Gasteiger partial charge is 0.292 e. The van der Waals surface area contributed by atoms with Crippen molar-refractivity contribution in [2.75, 3.05) is 0 Å². The van der Waals surface area contributed by atoms with Crippen LogP contribution in [0.15, 0.2) is 95.6 Å². The number of carbonyl (C=O) groups excluding carboxylic acids is 2. The largest absolute Gasteiger partial charge is 0.360 e. The van der Waals surface area contributed by atoms with E-state index in [2.05, 4.69) is 27.6 Å². The number of nitrogens with one attached hydrogen (secondary N) is 2. The molecule has 2 heterocycles. The van der Waals surface area contributed by atoms with E-state index in [0.717, 1.165) is 27.6 Å². The summed E-state index contributed by atoms with van der Waals surface area (Å²) in [5, 5.41) is 7.35. The molecule has 0 fully saturated rings. The zero-order valence-electron chi connectivity index (χ0n) is 17.0. The maximum Gasteiger partial charge on any atom is 0.292 e. The van der Waals surface area contributed by atoms with Crippen molar-refractivity contribution in [1.82, 2.24) is 15.5 Å². The fraction of sp³-hybridized carbons (Fsp3) is 0.0385. The van der Waals surface area contributed by atoms with Crippen LogP contribution in [0.1, 0.15) is 16.1 Å². The molecule has 1 amide bonds. The van der Waals surface area contributed by atoms with Gasteiger partial charge in [-0.1, -0.05) is 78.0 Å². The quantitative estimate of drug-likeness (QED) is 0.299. The summed E-state index contributed by atoms with van der Waals surface area (Å²) in [7, 11) is 0. The number of ketones is 1. The Labute approximate surface area is 183 Å². The van der Waals surface area contributed by atoms with Crippen LogP contribution in [0.4, 0.5) is 0 Å². The number of amides is 1. The molecule has 2 N–H and O–H groups in total. The molecular formula is C26H19N3O3. The number of para-hydroxylation sites is 1. The predicted octanol–water partition coefficient (Wildman–Crippen LogP) is 4.99. The van der Waals surface area contributed by atoms with Crippen molar-refractivity contribution in [3.63, 3.8) is 0 Å². The molecular weight excluding hydrogens is 402 g/mol. The fourth-order valence-electron chi connectivity index (χ4n) is 3.62. The lowest BCUT2D eigenvalue weighted by atomic mass is 10.0. The van der Waals surface area contributed by atoms with Gasteiger partial charge in [-0.25, -0.2) is 0 Å². The van der Waals surface area contributed by atoms with Gasteiger partial charge in [0.2, 0.25) is 0 Å². The summed E-state index contributed by atoms with van der Waals surface area (Å²) in [6.07, 6.45) is 1.56. The van der Waals surface area contributed by atoms with Crippen LogP contribution in [-0.4, -0.2) is 21.8 Å². The van der Waals surface area contributed by atoms with Crippen molar-refractivity contribution >= 4 is 22.6 Å². The normalized spacial score (nSPS) is 10.9. The second-order valence-electron chi connectivity index (χ2n) is 7.39. The lowest BCUT2D eigenvalue weighted by molar-refractivity contribution is -0.117. The molecule has 5 rings (SSSR count). The second-order valence-corrected chi connectivity index (χ2v) is 7.39. The molecule has 0 unspecified atom stereocenters. The maximum atomic E-state index is 12.5. The van der Waals surface area contributed by atoms with Crippen molar-refractivity contribution in [3.05, 3.63) is 102 Å². The second kappa shape index (κ2) is 8.35. The Morgan fingerprint density at radius 1 is 0.844 bits per heavy atom. The van der Waals surface area contributed by atoms with Crippen molar-refractivity contribution < 1.29 is 14.1 Å². The van der Waals surface area contributed by atoms with Gasteiger partial charge >= 0.3 is 0 Å². The van der Waals surface area contributed by atoms with Crippen molar-refractivity contribution in [3.8, 4) is 22.5 Å². The maximum absolute atomic E-state index is 12.5. The molecule has 0 aliphatic heterocycles. The Hall–Kier alpha value is -4.45. The van der Waals surface area contributed by atoms with E-state index in [1.165, 1.54) is 0 Å². The molecule has 0 spiro atoms. The third-order valence-electron chi connectivity index (χ3n) is 5.31. The SMILES string of the molecule is O=C(NCc1cc(-c2ccc(-c3ccccc3)cc2)on1)C(=O)c1c[nH]c2ccccc12. The van der Waals surface area contributed by atoms with E-state index in [1.54, 1.807) is 18.3 Å². The molecule has 0 saturated carbocycles. The number of H-pyrrole nitrogens is 1. The first kappa shape index (κ1) is 19.5. The number of rotatable bonds is 6. The number of Topliss-reactive ketones (excluding diaryl/α,β-unsaturated/α-hetero) is 1. The number of fused-ring (bicyclic) bond motifs is 1. The van der Waals surface area contributed by atoms with E-state index >= 15 is 0 Å². The third kappa shape index (κ3) is 3.81. The first-order valence-electron chi connectivity index (χ1n) is 10.2. The van der Waals surface area contributed by atoms with Gasteiger partial charge in [-0.3, -0.25) is 9.59 Å². The summed E-state index contributed by atoms with van der Waals surface area (Å²) in [6, 6.07) is 27.2. The molecule has 6 heteroatoms. The third-order valence-corrected chi connectivity index (χ3v) is 5.31. The van der Waals surface area contributed by atoms with Gasteiger partial charge in [0.05, 0.1) is 12.1 Å². The average molecular weight is 421 g/mol. The highest BCUT2D eigenvalue weighted by atomic mass is 16.5. The summed E-state index contributed by atoms with van der Waals surface area (Å²) >= 11 is 0. The average Bonchev–Trinajstić information content (AvgIpc) is 3.50. The van der Waals surface area contributed by atoms with E-state index in [0.29, 0.717) is 17.0 Å². The van der Waals surface area contributed by atoms with Crippen LogP contribution in [0, 0.1) is 0 Å². The Kier molecular flexibility index (Phi) is 5.09. The minimum Gasteiger partial charge on any atom is -0.360 e. The number of benzene rings is 3. The number of aromatic amines is 1. The highest BCUT2D eigenvalue weighted by molar-refractivity contribution is 6.44. The summed E-state index contributed by atoms with van der Waals surface area (Å²) < 4.78 is 5.43. The van der Waals surface area contributed by atoms with Crippen LogP contribution < -0.4 is 5.32 Å². The standard InChI is InChI=1S/C26H19N3O3/c30-25(22-16-27-23-9-5-4-8-21(22)23)26(31)28-15-20-14-24(32-29-20)19-12-10-18(11-13-19)17-6-2-1-3-7-17/h1-14,16,27H,15H2,(H,28,31). The van der Waals surface area contributed by atoms with Crippen LogP contribution in [0.3, 0.4) is 0 Å². The molecule has 0 aliphatic rings. The van der Waals surface area contributed by atoms with Gasteiger partial charge in [-0.15, -0.1) is 0 Å². The number of aromatic nitrogens is 2. The lowest BCUT2D eigenvalue weighted by Crippen LogP contribution is -2.30. The van der Waals surface area contributed by atoms with Gasteiger partial charge < -0.3 is 14.8 Å². The topological polar surface area (TPSA) is 88.0 Å². The highest BCUT2D eigenvalue weighted by Gasteiger charge is 2.20. The van der Waals surface area contributed by atoms with Crippen molar-refractivity contribution in [2.45, 2.75) is 6.54 Å². The molecule has 0 bridgehead atoms. The van der Waals surface area contributed by atoms with Crippen LogP contribution in [-0.2, 0) is 11.3 Å². The Bertz CT molecular complexity index is 1400. The van der Waals surface area contributed by atoms with E-state index in [4.69, 9.17) is 4.52 Å². The molecule has 0 radical (unpaired) electrons. The van der Waals surface area contributed by atoms with Gasteiger partial charge in [-0.05, 0) is 17.2 Å². The van der Waals surface area contributed by atoms with Gasteiger partial charge in [0.1, 0.15) is 5.69 Å². The van der Waals surface area contributed by atoms with Crippen LogP contribution in [0.5, 0.6) is 0 Å². The van der Waals surface area contributed by atoms with E-state index < -0.39 is 11.7 Å². The van der Waals surface area contributed by atoms with E-state index in [1.807, 2.05) is 60.7 Å². The van der Waals surface area contributed by atoms with Crippen molar-refractivity contribution in [1.29, 1.82) is 0 Å². The fourth-order valence-corrected chi connectivity index (χ4v) is 3.62. The zero-order chi connectivity index (χ0) is 21.9. The molecule has 6 nitrogen and oxygen atoms in total. The molecule has 0 saturated heterocycles. The Balaban J connectivity index is 1.24. The Morgan fingerprint density at radius 3 is 2.34 bits per heavy atom. The minimum absolute atomic E-state index is 0.0958. The summed E-state index contributed by atoms with van der Waals surface area (Å²) in [4.78, 5) is 27.9.